The van der Waals surface area contributed by atoms with Crippen LogP contribution in [0, 0.1) is 11.8 Å². The number of piperidine rings is 1. The van der Waals surface area contributed by atoms with Crippen LogP contribution in [0.25, 0.3) is 0 Å². The van der Waals surface area contributed by atoms with Gasteiger partial charge in [0.2, 0.25) is 0 Å². The number of hydrogen-bond donors (Lipinski definition) is 1. The molecule has 2 atom stereocenters. The van der Waals surface area contributed by atoms with Crippen LogP contribution in [0.1, 0.15) is 32.3 Å². The fraction of sp³-hybridized carbons (Fsp3) is 0.632. The first-order chi connectivity index (χ1) is 11.1. The molecule has 0 radical (unpaired) electrons. The zero-order valence-electron chi connectivity index (χ0n) is 15.0. The van der Waals surface area contributed by atoms with Gasteiger partial charge in [-0.15, -0.1) is 0 Å². The van der Waals surface area contributed by atoms with Gasteiger partial charge in [0.15, 0.2) is 5.96 Å². The average Bonchev–Trinajstić information content (AvgIpc) is 2.54. The predicted octanol–water partition coefficient (Wildman–Crippen LogP) is 3.18. The lowest BCUT2D eigenvalue weighted by atomic mass is 9.92. The summed E-state index contributed by atoms with van der Waals surface area (Å²) in [6, 6.07) is 8.31. The van der Waals surface area contributed by atoms with Gasteiger partial charge in [0.05, 0.1) is 7.11 Å². The fourth-order valence-electron chi connectivity index (χ4n) is 3.49. The van der Waals surface area contributed by atoms with Crippen molar-refractivity contribution in [1.29, 1.82) is 0 Å². The standard InChI is InChI=1S/C19H31N3O/c1-15-11-16(2)14-22(13-15)19(20-3)21-10-6-8-17-7-5-9-18(12-17)23-4/h5,7,9,12,15-16H,6,8,10-11,13-14H2,1-4H3,(H,20,21). The zero-order valence-corrected chi connectivity index (χ0v) is 15.0. The van der Waals surface area contributed by atoms with Crippen molar-refractivity contribution in [3.05, 3.63) is 29.8 Å². The average molecular weight is 317 g/mol. The van der Waals surface area contributed by atoms with Crippen LogP contribution in [-0.4, -0.2) is 44.7 Å². The second-order valence-corrected chi connectivity index (χ2v) is 6.78. The van der Waals surface area contributed by atoms with E-state index in [0.29, 0.717) is 0 Å². The van der Waals surface area contributed by atoms with Crippen LogP contribution in [0.5, 0.6) is 5.75 Å². The van der Waals surface area contributed by atoms with Crippen molar-refractivity contribution >= 4 is 5.96 Å². The van der Waals surface area contributed by atoms with Crippen molar-refractivity contribution < 1.29 is 4.74 Å². The maximum atomic E-state index is 5.27. The monoisotopic (exact) mass is 317 g/mol. The van der Waals surface area contributed by atoms with Crippen molar-refractivity contribution in [3.8, 4) is 5.75 Å². The van der Waals surface area contributed by atoms with Gasteiger partial charge in [-0.1, -0.05) is 26.0 Å². The van der Waals surface area contributed by atoms with Crippen molar-refractivity contribution in [2.45, 2.75) is 33.1 Å². The highest BCUT2D eigenvalue weighted by molar-refractivity contribution is 5.80. The number of rotatable bonds is 5. The van der Waals surface area contributed by atoms with E-state index in [4.69, 9.17) is 4.74 Å². The topological polar surface area (TPSA) is 36.9 Å². The first kappa shape index (κ1) is 17.6. The number of benzene rings is 1. The number of guanidine groups is 1. The molecule has 1 fully saturated rings. The normalized spacial score (nSPS) is 22.1. The Kier molecular flexibility index (Phi) is 6.75. The minimum absolute atomic E-state index is 0.745. The largest absolute Gasteiger partial charge is 0.497 e. The highest BCUT2D eigenvalue weighted by Gasteiger charge is 2.23. The quantitative estimate of drug-likeness (QED) is 0.515. The number of nitrogens with one attached hydrogen (secondary N) is 1. The Morgan fingerprint density at radius 1 is 1.30 bits per heavy atom. The van der Waals surface area contributed by atoms with E-state index < -0.39 is 0 Å². The summed E-state index contributed by atoms with van der Waals surface area (Å²) < 4.78 is 5.27. The summed E-state index contributed by atoms with van der Waals surface area (Å²) in [5.41, 5.74) is 1.32. The summed E-state index contributed by atoms with van der Waals surface area (Å²) >= 11 is 0. The Labute approximate surface area is 140 Å². The summed E-state index contributed by atoms with van der Waals surface area (Å²) in [5.74, 6) is 3.47. The third-order valence-corrected chi connectivity index (χ3v) is 4.44. The van der Waals surface area contributed by atoms with Crippen LogP contribution < -0.4 is 10.1 Å². The molecule has 1 N–H and O–H groups in total. The number of aryl methyl sites for hydroxylation is 1. The smallest absolute Gasteiger partial charge is 0.193 e. The molecule has 1 aliphatic heterocycles. The van der Waals surface area contributed by atoms with Crippen molar-refractivity contribution in [2.24, 2.45) is 16.8 Å². The van der Waals surface area contributed by atoms with E-state index in [0.717, 1.165) is 56.0 Å². The Morgan fingerprint density at radius 3 is 2.70 bits per heavy atom. The maximum Gasteiger partial charge on any atom is 0.193 e. The third-order valence-electron chi connectivity index (χ3n) is 4.44. The summed E-state index contributed by atoms with van der Waals surface area (Å²) in [4.78, 5) is 6.87. The van der Waals surface area contributed by atoms with Gasteiger partial charge in [0, 0.05) is 26.7 Å². The first-order valence-electron chi connectivity index (χ1n) is 8.71. The number of likely N-dealkylation sites (tertiary alicyclic amines) is 1. The van der Waals surface area contributed by atoms with E-state index in [1.807, 2.05) is 13.1 Å². The summed E-state index contributed by atoms with van der Waals surface area (Å²) in [6.45, 7) is 7.83. The molecule has 1 saturated heterocycles. The first-order valence-corrected chi connectivity index (χ1v) is 8.71. The molecule has 1 aromatic carbocycles. The molecular formula is C19H31N3O. The minimum atomic E-state index is 0.745. The second kappa shape index (κ2) is 8.80. The second-order valence-electron chi connectivity index (χ2n) is 6.78. The molecule has 4 nitrogen and oxygen atoms in total. The van der Waals surface area contributed by atoms with Gasteiger partial charge in [-0.3, -0.25) is 4.99 Å². The summed E-state index contributed by atoms with van der Waals surface area (Å²) in [7, 11) is 3.60. The van der Waals surface area contributed by atoms with Gasteiger partial charge < -0.3 is 15.0 Å². The molecule has 1 aromatic rings. The van der Waals surface area contributed by atoms with Crippen LogP contribution in [0.4, 0.5) is 0 Å². The number of nitrogens with zero attached hydrogens (tertiary/aromatic N) is 2. The number of methoxy groups -OCH3 is 1. The molecule has 0 spiro atoms. The molecule has 4 heteroatoms. The summed E-state index contributed by atoms with van der Waals surface area (Å²) in [6.07, 6.45) is 3.46. The minimum Gasteiger partial charge on any atom is -0.497 e. The highest BCUT2D eigenvalue weighted by Crippen LogP contribution is 2.20. The van der Waals surface area contributed by atoms with Crippen LogP contribution in [-0.2, 0) is 6.42 Å². The molecule has 1 aliphatic rings. The number of ether oxygens (including phenoxy) is 1. The Hall–Kier alpha value is -1.71. The molecule has 1 heterocycles. The van der Waals surface area contributed by atoms with Crippen molar-refractivity contribution in [2.75, 3.05) is 33.8 Å². The molecule has 0 amide bonds. The lowest BCUT2D eigenvalue weighted by Gasteiger charge is -2.37. The molecule has 2 unspecified atom stereocenters. The number of aliphatic imine (C=N–C) groups is 1. The van der Waals surface area contributed by atoms with Crippen LogP contribution >= 0.6 is 0 Å². The van der Waals surface area contributed by atoms with Gasteiger partial charge in [-0.05, 0) is 48.8 Å². The molecular weight excluding hydrogens is 286 g/mol. The van der Waals surface area contributed by atoms with E-state index in [2.05, 4.69) is 47.3 Å². The van der Waals surface area contributed by atoms with E-state index >= 15 is 0 Å². The molecule has 23 heavy (non-hydrogen) atoms. The molecule has 0 aromatic heterocycles. The zero-order chi connectivity index (χ0) is 16.7. The lowest BCUT2D eigenvalue weighted by molar-refractivity contribution is 0.208. The molecule has 0 aliphatic carbocycles. The fourth-order valence-corrected chi connectivity index (χ4v) is 3.49. The van der Waals surface area contributed by atoms with Crippen LogP contribution in [0.3, 0.4) is 0 Å². The van der Waals surface area contributed by atoms with Crippen molar-refractivity contribution in [1.82, 2.24) is 10.2 Å². The highest BCUT2D eigenvalue weighted by atomic mass is 16.5. The van der Waals surface area contributed by atoms with Gasteiger partial charge >= 0.3 is 0 Å². The third kappa shape index (κ3) is 5.45. The molecule has 128 valence electrons. The number of hydrogen-bond acceptors (Lipinski definition) is 2. The van der Waals surface area contributed by atoms with Gasteiger partial charge in [-0.25, -0.2) is 0 Å². The SMILES string of the molecule is CN=C(NCCCc1cccc(OC)c1)N1CC(C)CC(C)C1. The van der Waals surface area contributed by atoms with Gasteiger partial charge in [-0.2, -0.15) is 0 Å². The van der Waals surface area contributed by atoms with Crippen molar-refractivity contribution in [3.63, 3.8) is 0 Å². The van der Waals surface area contributed by atoms with Crippen LogP contribution in [0.15, 0.2) is 29.3 Å². The van der Waals surface area contributed by atoms with Gasteiger partial charge in [0.25, 0.3) is 0 Å². The molecule has 2 rings (SSSR count). The Bertz CT molecular complexity index is 505. The van der Waals surface area contributed by atoms with E-state index in [-0.39, 0.29) is 0 Å². The van der Waals surface area contributed by atoms with Crippen LogP contribution in [0.2, 0.25) is 0 Å². The lowest BCUT2D eigenvalue weighted by Crippen LogP contribution is -2.48. The van der Waals surface area contributed by atoms with Gasteiger partial charge in [0.1, 0.15) is 5.75 Å². The summed E-state index contributed by atoms with van der Waals surface area (Å²) in [5, 5.41) is 3.52. The Morgan fingerprint density at radius 2 is 2.04 bits per heavy atom. The Balaban J connectivity index is 1.77. The van der Waals surface area contributed by atoms with E-state index in [9.17, 15) is 0 Å². The maximum absolute atomic E-state index is 5.27. The van der Waals surface area contributed by atoms with E-state index in [1.54, 1.807) is 7.11 Å². The molecule has 0 bridgehead atoms. The molecule has 0 saturated carbocycles. The predicted molar refractivity (Wildman–Crippen MR) is 97.2 cm³/mol. The van der Waals surface area contributed by atoms with E-state index in [1.165, 1.54) is 12.0 Å².